The Morgan fingerprint density at radius 3 is 2.80 bits per heavy atom. The maximum absolute atomic E-state index is 13.3. The minimum Gasteiger partial charge on any atom is -0.396 e. The van der Waals surface area contributed by atoms with Crippen LogP contribution in [0.3, 0.4) is 0 Å². The molecule has 0 spiro atoms. The number of hydrogen-bond donors (Lipinski definition) is 3. The monoisotopic (exact) mass is 476 g/mol. The van der Waals surface area contributed by atoms with Crippen molar-refractivity contribution in [2.75, 3.05) is 61.1 Å². The Morgan fingerprint density at radius 2 is 2.00 bits per heavy atom. The van der Waals surface area contributed by atoms with Crippen LogP contribution in [0.4, 0.5) is 17.3 Å². The van der Waals surface area contributed by atoms with Crippen LogP contribution < -0.4 is 15.1 Å². The largest absolute Gasteiger partial charge is 0.396 e. The van der Waals surface area contributed by atoms with Crippen LogP contribution in [0.25, 0.3) is 16.7 Å². The van der Waals surface area contributed by atoms with E-state index >= 15 is 0 Å². The molecule has 0 saturated carbocycles. The lowest BCUT2D eigenvalue weighted by Crippen LogP contribution is -2.36. The molecular formula is C24H28N8O3. The molecule has 1 amide bonds. The quantitative estimate of drug-likeness (QED) is 0.399. The van der Waals surface area contributed by atoms with Gasteiger partial charge in [0.25, 0.3) is 5.91 Å². The molecule has 2 saturated heterocycles. The Morgan fingerprint density at radius 1 is 1.17 bits per heavy atom. The summed E-state index contributed by atoms with van der Waals surface area (Å²) in [5, 5.41) is 16.9. The number of imidazole rings is 1. The van der Waals surface area contributed by atoms with E-state index in [9.17, 15) is 9.90 Å². The molecule has 3 aromatic heterocycles. The number of aliphatic hydroxyl groups is 1. The molecule has 35 heavy (non-hydrogen) atoms. The number of nitrogens with zero attached hydrogens (tertiary/aromatic N) is 6. The first-order valence-corrected chi connectivity index (χ1v) is 12.0. The Hall–Kier alpha value is -3.70. The van der Waals surface area contributed by atoms with Gasteiger partial charge in [-0.3, -0.25) is 4.79 Å². The summed E-state index contributed by atoms with van der Waals surface area (Å²) >= 11 is 0. The van der Waals surface area contributed by atoms with Gasteiger partial charge in [-0.1, -0.05) is 0 Å². The first-order chi connectivity index (χ1) is 17.2. The lowest BCUT2D eigenvalue weighted by atomic mass is 9.97. The van der Waals surface area contributed by atoms with Gasteiger partial charge in [0, 0.05) is 45.2 Å². The molecule has 182 valence electrons. The average Bonchev–Trinajstić information content (AvgIpc) is 3.53. The summed E-state index contributed by atoms with van der Waals surface area (Å²) < 4.78 is 7.06. The highest BCUT2D eigenvalue weighted by Gasteiger charge is 2.24. The van der Waals surface area contributed by atoms with Crippen molar-refractivity contribution in [2.45, 2.75) is 12.8 Å². The number of hydrogen-bond acceptors (Lipinski definition) is 8. The molecule has 2 aliphatic heterocycles. The van der Waals surface area contributed by atoms with E-state index < -0.39 is 0 Å². The van der Waals surface area contributed by atoms with Crippen LogP contribution in [0.2, 0.25) is 0 Å². The van der Waals surface area contributed by atoms with Crippen molar-refractivity contribution >= 4 is 39.9 Å². The number of fused-ring (bicyclic) bond motifs is 2. The van der Waals surface area contributed by atoms with Crippen LogP contribution in [0.1, 0.15) is 23.2 Å². The lowest BCUT2D eigenvalue weighted by Gasteiger charge is -2.34. The number of morpholine rings is 1. The summed E-state index contributed by atoms with van der Waals surface area (Å²) in [5.74, 6) is 0.859. The van der Waals surface area contributed by atoms with Crippen LogP contribution in [0, 0.1) is 5.92 Å². The maximum Gasteiger partial charge on any atom is 0.261 e. The van der Waals surface area contributed by atoms with E-state index in [1.807, 2.05) is 12.1 Å². The Kier molecular flexibility index (Phi) is 5.71. The molecule has 11 nitrogen and oxygen atoms in total. The molecule has 0 bridgehead atoms. The fourth-order valence-electron chi connectivity index (χ4n) is 4.85. The first kappa shape index (κ1) is 21.8. The normalized spacial score (nSPS) is 17.4. The predicted octanol–water partition coefficient (Wildman–Crippen LogP) is 1.90. The number of carbonyl (C=O) groups excluding carboxylic acids is 1. The number of aromatic amines is 1. The lowest BCUT2D eigenvalue weighted by molar-refractivity contribution is 0.102. The van der Waals surface area contributed by atoms with Gasteiger partial charge in [0.15, 0.2) is 5.65 Å². The highest BCUT2D eigenvalue weighted by atomic mass is 16.5. The number of carbonyl (C=O) groups is 1. The van der Waals surface area contributed by atoms with E-state index in [0.29, 0.717) is 36.0 Å². The number of H-pyrrole nitrogens is 1. The number of anilines is 3. The van der Waals surface area contributed by atoms with Gasteiger partial charge in [0.2, 0.25) is 5.95 Å². The molecule has 2 fully saturated rings. The van der Waals surface area contributed by atoms with Gasteiger partial charge < -0.3 is 29.9 Å². The zero-order valence-corrected chi connectivity index (χ0v) is 19.4. The molecular weight excluding hydrogens is 448 g/mol. The Labute approximate surface area is 201 Å². The van der Waals surface area contributed by atoms with Crippen molar-refractivity contribution in [3.05, 3.63) is 42.4 Å². The summed E-state index contributed by atoms with van der Waals surface area (Å²) in [7, 11) is 0. The molecule has 0 aliphatic carbocycles. The smallest absolute Gasteiger partial charge is 0.261 e. The van der Waals surface area contributed by atoms with Crippen molar-refractivity contribution in [1.29, 1.82) is 0 Å². The number of piperidine rings is 1. The average molecular weight is 477 g/mol. The third-order valence-corrected chi connectivity index (χ3v) is 6.88. The van der Waals surface area contributed by atoms with Crippen molar-refractivity contribution in [2.24, 2.45) is 5.92 Å². The predicted molar refractivity (Wildman–Crippen MR) is 132 cm³/mol. The molecule has 3 N–H and O–H groups in total. The van der Waals surface area contributed by atoms with Crippen molar-refractivity contribution in [3.8, 4) is 0 Å². The fraction of sp³-hybridized carbons (Fsp3) is 0.417. The van der Waals surface area contributed by atoms with Gasteiger partial charge in [-0.2, -0.15) is 5.10 Å². The van der Waals surface area contributed by atoms with Crippen LogP contribution in [0.5, 0.6) is 0 Å². The second-order valence-electron chi connectivity index (χ2n) is 9.06. The molecule has 2 aliphatic rings. The van der Waals surface area contributed by atoms with Gasteiger partial charge in [0.1, 0.15) is 5.56 Å². The van der Waals surface area contributed by atoms with Crippen molar-refractivity contribution in [1.82, 2.24) is 24.6 Å². The summed E-state index contributed by atoms with van der Waals surface area (Å²) in [6.45, 7) is 4.74. The third kappa shape index (κ3) is 4.17. The minimum atomic E-state index is -0.266. The van der Waals surface area contributed by atoms with Gasteiger partial charge in [-0.15, -0.1) is 0 Å². The molecule has 5 heterocycles. The van der Waals surface area contributed by atoms with Gasteiger partial charge in [0.05, 0.1) is 41.8 Å². The number of amides is 1. The fourth-order valence-corrected chi connectivity index (χ4v) is 4.85. The van der Waals surface area contributed by atoms with Crippen molar-refractivity contribution < 1.29 is 14.6 Å². The zero-order chi connectivity index (χ0) is 23.8. The van der Waals surface area contributed by atoms with Gasteiger partial charge in [-0.25, -0.2) is 14.5 Å². The summed E-state index contributed by atoms with van der Waals surface area (Å²) in [4.78, 5) is 30.3. The molecule has 0 radical (unpaired) electrons. The SMILES string of the molecule is O=C(Nc1cc2[nH]c(N3CCOCC3)nc2cc1N1CCC(CO)CC1)c1cnn2cccnc12. The highest BCUT2D eigenvalue weighted by molar-refractivity contribution is 6.10. The molecule has 1 aromatic carbocycles. The number of benzene rings is 1. The highest BCUT2D eigenvalue weighted by Crippen LogP contribution is 2.35. The minimum absolute atomic E-state index is 0.209. The number of rotatable bonds is 5. The maximum atomic E-state index is 13.3. The van der Waals surface area contributed by atoms with E-state index in [2.05, 4.69) is 30.2 Å². The summed E-state index contributed by atoms with van der Waals surface area (Å²) in [6, 6.07) is 5.77. The molecule has 6 rings (SSSR count). The Bertz CT molecular complexity index is 1350. The molecule has 11 heteroatoms. The van der Waals surface area contributed by atoms with Crippen LogP contribution >= 0.6 is 0 Å². The topological polar surface area (TPSA) is 124 Å². The van der Waals surface area contributed by atoms with E-state index in [4.69, 9.17) is 9.72 Å². The second kappa shape index (κ2) is 9.16. The van der Waals surface area contributed by atoms with E-state index in [0.717, 1.165) is 61.7 Å². The van der Waals surface area contributed by atoms with Gasteiger partial charge in [-0.05, 0) is 37.0 Å². The molecule has 0 atom stereocenters. The molecule has 4 aromatic rings. The number of aliphatic hydroxyl groups excluding tert-OH is 1. The van der Waals surface area contributed by atoms with Crippen molar-refractivity contribution in [3.63, 3.8) is 0 Å². The van der Waals surface area contributed by atoms with Crippen LogP contribution in [0.15, 0.2) is 36.8 Å². The van der Waals surface area contributed by atoms with Crippen LogP contribution in [-0.4, -0.2) is 81.6 Å². The summed E-state index contributed by atoms with van der Waals surface area (Å²) in [6.07, 6.45) is 6.75. The Balaban J connectivity index is 1.36. The summed E-state index contributed by atoms with van der Waals surface area (Å²) in [5.41, 5.74) is 4.25. The van der Waals surface area contributed by atoms with E-state index in [1.165, 1.54) is 6.20 Å². The standard InChI is InChI=1S/C24H28N8O3/c33-15-16-2-6-30(7-3-16)21-13-19-18(28-24(29-19)31-8-10-35-11-9-31)12-20(21)27-23(34)17-14-26-32-5-1-4-25-22(17)32/h1,4-5,12-14,16,33H,2-3,6-11,15H2,(H,27,34)(H,28,29). The first-order valence-electron chi connectivity index (χ1n) is 12.0. The number of nitrogens with one attached hydrogen (secondary N) is 2. The number of ether oxygens (including phenoxy) is 1. The van der Waals surface area contributed by atoms with Gasteiger partial charge >= 0.3 is 0 Å². The third-order valence-electron chi connectivity index (χ3n) is 6.88. The zero-order valence-electron chi connectivity index (χ0n) is 19.4. The van der Waals surface area contributed by atoms with Crippen LogP contribution in [-0.2, 0) is 4.74 Å². The second-order valence-corrected chi connectivity index (χ2v) is 9.06. The number of aromatic nitrogens is 5. The van der Waals surface area contributed by atoms with E-state index in [1.54, 1.807) is 23.0 Å². The molecule has 0 unspecified atom stereocenters. The van der Waals surface area contributed by atoms with E-state index in [-0.39, 0.29) is 12.5 Å².